The van der Waals surface area contributed by atoms with Crippen LogP contribution in [-0.2, 0) is 14.9 Å². The minimum Gasteiger partial charge on any atom is -0.285 e. The summed E-state index contributed by atoms with van der Waals surface area (Å²) in [5.41, 5.74) is 4.09. The second kappa shape index (κ2) is 14.6. The minimum absolute atomic E-state index is 0.0538. The third-order valence-electron chi connectivity index (χ3n) is 6.91. The van der Waals surface area contributed by atoms with Gasteiger partial charge in [-0.05, 0) is 18.6 Å². The Morgan fingerprint density at radius 1 is 0.889 bits per heavy atom. The van der Waals surface area contributed by atoms with Crippen molar-refractivity contribution in [3.63, 3.8) is 0 Å². The first-order valence-corrected chi connectivity index (χ1v) is 15.2. The van der Waals surface area contributed by atoms with Crippen LogP contribution in [-0.4, -0.2) is 47.4 Å². The van der Waals surface area contributed by atoms with Crippen LogP contribution < -0.4 is 5.43 Å². The molecule has 0 fully saturated rings. The molecule has 2 heterocycles. The van der Waals surface area contributed by atoms with Gasteiger partial charge in [-0.3, -0.25) is 9.35 Å². The highest BCUT2D eigenvalue weighted by Gasteiger charge is 2.39. The smallest absolute Gasteiger partial charge is 0.275 e. The van der Waals surface area contributed by atoms with E-state index in [1.54, 1.807) is 18.2 Å². The van der Waals surface area contributed by atoms with Gasteiger partial charge >= 0.3 is 0 Å². The van der Waals surface area contributed by atoms with Crippen LogP contribution in [0.2, 0.25) is 0 Å². The maximum absolute atomic E-state index is 12.4. The third kappa shape index (κ3) is 8.49. The molecule has 1 aromatic carbocycles. The number of para-hydroxylation sites is 1. The minimum atomic E-state index is -4.40. The molecule has 1 atom stereocenters. The molecule has 0 spiro atoms. The summed E-state index contributed by atoms with van der Waals surface area (Å²) in [6.07, 6.45) is 17.3. The van der Waals surface area contributed by atoms with Crippen molar-refractivity contribution in [2.24, 2.45) is 9.98 Å². The van der Waals surface area contributed by atoms with E-state index in [2.05, 4.69) is 22.3 Å². The molecule has 36 heavy (non-hydrogen) atoms. The number of benzene rings is 1. The van der Waals surface area contributed by atoms with Crippen molar-refractivity contribution in [2.75, 3.05) is 6.54 Å². The summed E-state index contributed by atoms with van der Waals surface area (Å²) in [7, 11) is -4.40. The van der Waals surface area contributed by atoms with Crippen molar-refractivity contribution >= 4 is 33.4 Å². The third-order valence-corrected chi connectivity index (χ3v) is 8.07. The van der Waals surface area contributed by atoms with Crippen molar-refractivity contribution in [2.45, 2.75) is 108 Å². The van der Waals surface area contributed by atoms with Gasteiger partial charge in [0.15, 0.2) is 5.84 Å². The number of nitrogens with one attached hydrogen (secondary N) is 1. The molecule has 9 heteroatoms. The van der Waals surface area contributed by atoms with Gasteiger partial charge in [0, 0.05) is 5.56 Å². The van der Waals surface area contributed by atoms with Crippen LogP contribution in [0.15, 0.2) is 34.3 Å². The Balaban J connectivity index is 1.45. The predicted octanol–water partition coefficient (Wildman–Crippen LogP) is 5.95. The number of hydrazine groups is 1. The number of unbranched alkanes of at least 4 members (excludes halogenated alkanes) is 13. The fraction of sp³-hybridized carbons (Fsp3) is 0.667. The summed E-state index contributed by atoms with van der Waals surface area (Å²) in [6, 6.07) is 7.15. The predicted molar refractivity (Wildman–Crippen MR) is 145 cm³/mol. The SMILES string of the molecule is CCCCCCCCCCCCCCCCC(C1=Nc2ccccc2C2=NC(=O)CNN21)S(=O)(=O)O. The van der Waals surface area contributed by atoms with E-state index < -0.39 is 15.4 Å². The number of carbonyl (C=O) groups excluding carboxylic acids is 1. The molecule has 1 amide bonds. The fourth-order valence-electron chi connectivity index (χ4n) is 4.88. The van der Waals surface area contributed by atoms with Crippen LogP contribution in [0.5, 0.6) is 0 Å². The van der Waals surface area contributed by atoms with Crippen molar-refractivity contribution in [1.29, 1.82) is 0 Å². The van der Waals surface area contributed by atoms with Gasteiger partial charge in [0.2, 0.25) is 0 Å². The van der Waals surface area contributed by atoms with Gasteiger partial charge in [-0.15, -0.1) is 0 Å². The molecular formula is C27H42N4O4S. The summed E-state index contributed by atoms with van der Waals surface area (Å²) in [5.74, 6) is 0.145. The Labute approximate surface area is 216 Å². The molecule has 0 saturated heterocycles. The van der Waals surface area contributed by atoms with Gasteiger partial charge in [0.05, 0.1) is 12.2 Å². The van der Waals surface area contributed by atoms with E-state index >= 15 is 0 Å². The molecule has 1 aromatic rings. The zero-order valence-corrected chi connectivity index (χ0v) is 22.4. The van der Waals surface area contributed by atoms with Gasteiger partial charge in [-0.2, -0.15) is 13.4 Å². The summed E-state index contributed by atoms with van der Waals surface area (Å²) in [5, 5.41) is 0.264. The molecule has 0 aliphatic carbocycles. The second-order valence-electron chi connectivity index (χ2n) is 9.88. The van der Waals surface area contributed by atoms with Gasteiger partial charge in [-0.1, -0.05) is 109 Å². The Morgan fingerprint density at radius 2 is 1.44 bits per heavy atom. The number of hydrogen-bond donors (Lipinski definition) is 2. The topological polar surface area (TPSA) is 111 Å². The average molecular weight is 519 g/mol. The lowest BCUT2D eigenvalue weighted by Crippen LogP contribution is -2.58. The highest BCUT2D eigenvalue weighted by Crippen LogP contribution is 2.30. The standard InChI is InChI=1S/C27H42N4O4S/c1-2-3-4-5-6-7-8-9-10-11-12-13-14-15-20-24(36(33,34)35)27-29-23-19-17-16-18-22(23)26-30-25(32)21-28-31(26)27/h16-19,24,28H,2-15,20-21H2,1H3,(H,33,34,35). The molecule has 0 bridgehead atoms. The summed E-state index contributed by atoms with van der Waals surface area (Å²) >= 11 is 0. The molecule has 200 valence electrons. The van der Waals surface area contributed by atoms with Crippen LogP contribution in [0.25, 0.3) is 0 Å². The highest BCUT2D eigenvalue weighted by atomic mass is 32.2. The summed E-state index contributed by atoms with van der Waals surface area (Å²) < 4.78 is 34.8. The number of amides is 1. The quantitative estimate of drug-likeness (QED) is 0.195. The number of hydrogen-bond acceptors (Lipinski definition) is 6. The van der Waals surface area contributed by atoms with Gasteiger partial charge in [-0.25, -0.2) is 15.4 Å². The zero-order valence-electron chi connectivity index (χ0n) is 21.6. The number of rotatable bonds is 17. The highest BCUT2D eigenvalue weighted by molar-refractivity contribution is 7.87. The number of nitrogens with zero attached hydrogens (tertiary/aromatic N) is 3. The largest absolute Gasteiger partial charge is 0.285 e. The van der Waals surface area contributed by atoms with Crippen molar-refractivity contribution in [3.8, 4) is 0 Å². The molecule has 2 aliphatic rings. The lowest BCUT2D eigenvalue weighted by atomic mass is 10.0. The lowest BCUT2D eigenvalue weighted by molar-refractivity contribution is -0.117. The number of fused-ring (bicyclic) bond motifs is 3. The van der Waals surface area contributed by atoms with E-state index in [4.69, 9.17) is 0 Å². The molecule has 0 saturated carbocycles. The van der Waals surface area contributed by atoms with Crippen LogP contribution in [0.1, 0.15) is 109 Å². The molecule has 2 N–H and O–H groups in total. The molecule has 3 rings (SSSR count). The first kappa shape index (κ1) is 28.5. The van der Waals surface area contributed by atoms with Gasteiger partial charge in [0.25, 0.3) is 16.0 Å². The average Bonchev–Trinajstić information content (AvgIpc) is 2.85. The van der Waals surface area contributed by atoms with Crippen molar-refractivity contribution in [1.82, 2.24) is 10.4 Å². The summed E-state index contributed by atoms with van der Waals surface area (Å²) in [6.45, 7) is 2.19. The Bertz CT molecular complexity index is 1020. The Kier molecular flexibility index (Phi) is 11.5. The number of carbonyl (C=O) groups is 1. The van der Waals surface area contributed by atoms with Crippen LogP contribution in [0.4, 0.5) is 5.69 Å². The van der Waals surface area contributed by atoms with E-state index in [-0.39, 0.29) is 24.7 Å². The van der Waals surface area contributed by atoms with Crippen molar-refractivity contribution in [3.05, 3.63) is 29.8 Å². The summed E-state index contributed by atoms with van der Waals surface area (Å²) in [4.78, 5) is 20.6. The molecule has 1 unspecified atom stereocenters. The molecule has 0 radical (unpaired) electrons. The second-order valence-corrected chi connectivity index (χ2v) is 11.5. The van der Waals surface area contributed by atoms with Crippen LogP contribution in [0, 0.1) is 0 Å². The molecular weight excluding hydrogens is 476 g/mol. The van der Waals surface area contributed by atoms with E-state index in [9.17, 15) is 17.8 Å². The molecule has 8 nitrogen and oxygen atoms in total. The lowest BCUT2D eigenvalue weighted by Gasteiger charge is -2.36. The van der Waals surface area contributed by atoms with Crippen molar-refractivity contribution < 1.29 is 17.8 Å². The van der Waals surface area contributed by atoms with E-state index in [0.717, 1.165) is 19.3 Å². The zero-order chi connectivity index (χ0) is 25.8. The monoisotopic (exact) mass is 518 g/mol. The van der Waals surface area contributed by atoms with Gasteiger partial charge in [0.1, 0.15) is 11.1 Å². The molecule has 2 aliphatic heterocycles. The maximum atomic E-state index is 12.4. The van der Waals surface area contributed by atoms with Crippen LogP contribution in [0.3, 0.4) is 0 Å². The van der Waals surface area contributed by atoms with E-state index in [1.165, 1.54) is 69.2 Å². The van der Waals surface area contributed by atoms with E-state index in [0.29, 0.717) is 23.5 Å². The van der Waals surface area contributed by atoms with E-state index in [1.807, 2.05) is 6.07 Å². The first-order valence-electron chi connectivity index (χ1n) is 13.7. The molecule has 0 aromatic heterocycles. The Hall–Kier alpha value is -2.10. The Morgan fingerprint density at radius 3 is 2.03 bits per heavy atom. The number of amidine groups is 2. The normalized spacial score (nSPS) is 16.3. The van der Waals surface area contributed by atoms with Gasteiger partial charge < -0.3 is 0 Å². The fourth-order valence-corrected chi connectivity index (χ4v) is 5.77. The number of aliphatic imine (C=N–C) groups is 2. The maximum Gasteiger partial charge on any atom is 0.275 e. The first-order chi connectivity index (χ1) is 17.4. The van der Waals surface area contributed by atoms with Crippen LogP contribution >= 0.6 is 0 Å².